The summed E-state index contributed by atoms with van der Waals surface area (Å²) in [4.78, 5) is 16.7. The maximum absolute atomic E-state index is 12.4. The Kier molecular flexibility index (Phi) is 4.88. The molecule has 8 heteroatoms. The molecule has 0 radical (unpaired) electrons. The summed E-state index contributed by atoms with van der Waals surface area (Å²) in [5, 5.41) is 2.67. The largest absolute Gasteiger partial charge is 0.345 e. The first-order valence-corrected chi connectivity index (χ1v) is 9.32. The topological polar surface area (TPSA) is 93.1 Å². The lowest BCUT2D eigenvalue weighted by molar-refractivity contribution is 0.101. The highest BCUT2D eigenvalue weighted by Crippen LogP contribution is 2.20. The van der Waals surface area contributed by atoms with Gasteiger partial charge in [0.1, 0.15) is 16.4 Å². The molecule has 0 bridgehead atoms. The fourth-order valence-electron chi connectivity index (χ4n) is 2.47. The molecule has 0 aliphatic rings. The zero-order chi connectivity index (χ0) is 18.7. The Morgan fingerprint density at radius 2 is 1.81 bits per heavy atom. The Labute approximate surface area is 151 Å². The number of anilines is 1. The van der Waals surface area contributed by atoms with E-state index in [1.165, 1.54) is 23.9 Å². The van der Waals surface area contributed by atoms with Gasteiger partial charge in [-0.3, -0.25) is 4.79 Å². The van der Waals surface area contributed by atoms with E-state index < -0.39 is 15.9 Å². The van der Waals surface area contributed by atoms with Crippen LogP contribution in [0.1, 0.15) is 10.5 Å². The van der Waals surface area contributed by atoms with Gasteiger partial charge in [-0.1, -0.05) is 30.3 Å². The molecular weight excluding hydrogens is 352 g/mol. The number of carbonyl (C=O) groups excluding carboxylic acids is 1. The van der Waals surface area contributed by atoms with Gasteiger partial charge in [0.15, 0.2) is 0 Å². The number of carbonyl (C=O) groups is 1. The van der Waals surface area contributed by atoms with Crippen molar-refractivity contribution in [1.82, 2.24) is 14.3 Å². The monoisotopic (exact) mass is 370 g/mol. The highest BCUT2D eigenvalue weighted by Gasteiger charge is 2.19. The van der Waals surface area contributed by atoms with Gasteiger partial charge in [-0.2, -0.15) is 0 Å². The van der Waals surface area contributed by atoms with Crippen molar-refractivity contribution in [3.63, 3.8) is 0 Å². The molecule has 134 valence electrons. The molecule has 2 N–H and O–H groups in total. The summed E-state index contributed by atoms with van der Waals surface area (Å²) in [6.07, 6.45) is 3.06. The minimum atomic E-state index is -3.61. The number of benzene rings is 1. The van der Waals surface area contributed by atoms with E-state index in [9.17, 15) is 13.2 Å². The average molecular weight is 370 g/mol. The standard InChI is InChI=1S/C18H18N4O3S/c1-19-26(24,25)15-10-16(22(2)12-15)18(23)21-17-9-8-14(11-20-17)13-6-4-3-5-7-13/h3-12,19H,1-2H3,(H,20,21,23). The third-order valence-electron chi connectivity index (χ3n) is 3.90. The third-order valence-corrected chi connectivity index (χ3v) is 5.29. The van der Waals surface area contributed by atoms with E-state index in [2.05, 4.69) is 15.0 Å². The fraction of sp³-hybridized carbons (Fsp3) is 0.111. The lowest BCUT2D eigenvalue weighted by atomic mass is 10.1. The zero-order valence-corrected chi connectivity index (χ0v) is 15.1. The van der Waals surface area contributed by atoms with E-state index >= 15 is 0 Å². The first-order valence-electron chi connectivity index (χ1n) is 7.83. The second-order valence-electron chi connectivity index (χ2n) is 5.63. The molecule has 0 unspecified atom stereocenters. The molecule has 0 aliphatic heterocycles. The minimum Gasteiger partial charge on any atom is -0.345 e. The van der Waals surface area contributed by atoms with Crippen molar-refractivity contribution in [1.29, 1.82) is 0 Å². The average Bonchev–Trinajstić information content (AvgIpc) is 3.06. The van der Waals surface area contributed by atoms with Crippen LogP contribution >= 0.6 is 0 Å². The molecule has 0 saturated carbocycles. The summed E-state index contributed by atoms with van der Waals surface area (Å²) in [5.74, 6) is -0.0566. The summed E-state index contributed by atoms with van der Waals surface area (Å²) in [6.45, 7) is 0. The SMILES string of the molecule is CNS(=O)(=O)c1cc(C(=O)Nc2ccc(-c3ccccc3)cn2)n(C)c1. The number of nitrogens with one attached hydrogen (secondary N) is 2. The predicted octanol–water partition coefficient (Wildman–Crippen LogP) is 2.25. The third kappa shape index (κ3) is 3.66. The van der Waals surface area contributed by atoms with Gasteiger partial charge < -0.3 is 9.88 Å². The summed E-state index contributed by atoms with van der Waals surface area (Å²) in [6, 6.07) is 14.7. The molecule has 2 aromatic heterocycles. The van der Waals surface area contributed by atoms with Crippen molar-refractivity contribution in [2.75, 3.05) is 12.4 Å². The molecule has 0 saturated heterocycles. The number of pyridine rings is 1. The highest BCUT2D eigenvalue weighted by atomic mass is 32.2. The number of aromatic nitrogens is 2. The van der Waals surface area contributed by atoms with Gasteiger partial charge in [-0.15, -0.1) is 0 Å². The molecule has 1 amide bonds. The van der Waals surface area contributed by atoms with Crippen molar-refractivity contribution < 1.29 is 13.2 Å². The Morgan fingerprint density at radius 1 is 1.08 bits per heavy atom. The van der Waals surface area contributed by atoms with E-state index in [1.807, 2.05) is 36.4 Å². The number of hydrogen-bond donors (Lipinski definition) is 2. The summed E-state index contributed by atoms with van der Waals surface area (Å²) in [7, 11) is -0.683. The van der Waals surface area contributed by atoms with Crippen LogP contribution in [-0.4, -0.2) is 30.9 Å². The van der Waals surface area contributed by atoms with Crippen molar-refractivity contribution in [3.8, 4) is 11.1 Å². The van der Waals surface area contributed by atoms with Crippen molar-refractivity contribution >= 4 is 21.7 Å². The van der Waals surface area contributed by atoms with Crippen LogP contribution in [0.25, 0.3) is 11.1 Å². The fourth-order valence-corrected chi connectivity index (χ4v) is 3.27. The van der Waals surface area contributed by atoms with Crippen LogP contribution in [0, 0.1) is 0 Å². The Balaban J connectivity index is 1.78. The number of nitrogens with zero attached hydrogens (tertiary/aromatic N) is 2. The first-order chi connectivity index (χ1) is 12.4. The van der Waals surface area contributed by atoms with Gasteiger partial charge >= 0.3 is 0 Å². The second-order valence-corrected chi connectivity index (χ2v) is 7.52. The summed E-state index contributed by atoms with van der Waals surface area (Å²) in [5.41, 5.74) is 2.18. The van der Waals surface area contributed by atoms with Crippen molar-refractivity contribution in [3.05, 3.63) is 66.6 Å². The molecule has 3 aromatic rings. The minimum absolute atomic E-state index is 0.0278. The first kappa shape index (κ1) is 17.8. The molecule has 0 fully saturated rings. The maximum atomic E-state index is 12.4. The van der Waals surface area contributed by atoms with E-state index in [0.29, 0.717) is 5.82 Å². The second kappa shape index (κ2) is 7.11. The lowest BCUT2D eigenvalue weighted by Crippen LogP contribution is -2.18. The number of sulfonamides is 1. The van der Waals surface area contributed by atoms with E-state index in [-0.39, 0.29) is 10.6 Å². The molecule has 3 rings (SSSR count). The maximum Gasteiger partial charge on any atom is 0.273 e. The quantitative estimate of drug-likeness (QED) is 0.720. The molecule has 0 aliphatic carbocycles. The molecular formula is C18H18N4O3S. The van der Waals surface area contributed by atoms with Gasteiger partial charge in [0.05, 0.1) is 0 Å². The van der Waals surface area contributed by atoms with Crippen LogP contribution in [0.2, 0.25) is 0 Å². The molecule has 0 atom stereocenters. The van der Waals surface area contributed by atoms with Crippen LogP contribution in [0.4, 0.5) is 5.82 Å². The van der Waals surface area contributed by atoms with Crippen LogP contribution in [0.15, 0.2) is 65.8 Å². The lowest BCUT2D eigenvalue weighted by Gasteiger charge is -2.06. The number of hydrogen-bond acceptors (Lipinski definition) is 4. The normalized spacial score (nSPS) is 11.3. The van der Waals surface area contributed by atoms with E-state index in [0.717, 1.165) is 11.1 Å². The van der Waals surface area contributed by atoms with Gasteiger partial charge in [0.2, 0.25) is 10.0 Å². The Bertz CT molecular complexity index is 1030. The predicted molar refractivity (Wildman–Crippen MR) is 99.3 cm³/mol. The number of aryl methyl sites for hydroxylation is 1. The summed E-state index contributed by atoms with van der Waals surface area (Å²) < 4.78 is 27.4. The van der Waals surface area contributed by atoms with Crippen molar-refractivity contribution in [2.45, 2.75) is 4.90 Å². The van der Waals surface area contributed by atoms with Crippen LogP contribution in [0.3, 0.4) is 0 Å². The Morgan fingerprint density at radius 3 is 2.42 bits per heavy atom. The van der Waals surface area contributed by atoms with Crippen LogP contribution in [0.5, 0.6) is 0 Å². The van der Waals surface area contributed by atoms with Gasteiger partial charge in [-0.25, -0.2) is 18.1 Å². The van der Waals surface area contributed by atoms with Gasteiger partial charge in [-0.05, 0) is 30.8 Å². The van der Waals surface area contributed by atoms with Gasteiger partial charge in [0, 0.05) is 25.0 Å². The van der Waals surface area contributed by atoms with Crippen LogP contribution < -0.4 is 10.0 Å². The summed E-state index contributed by atoms with van der Waals surface area (Å²) >= 11 is 0. The molecule has 2 heterocycles. The smallest absolute Gasteiger partial charge is 0.273 e. The van der Waals surface area contributed by atoms with Crippen molar-refractivity contribution in [2.24, 2.45) is 7.05 Å². The van der Waals surface area contributed by atoms with E-state index in [1.54, 1.807) is 19.3 Å². The number of rotatable bonds is 5. The zero-order valence-electron chi connectivity index (χ0n) is 14.3. The van der Waals surface area contributed by atoms with E-state index in [4.69, 9.17) is 0 Å². The highest BCUT2D eigenvalue weighted by molar-refractivity contribution is 7.89. The molecule has 26 heavy (non-hydrogen) atoms. The Hall–Kier alpha value is -2.97. The van der Waals surface area contributed by atoms with Gasteiger partial charge in [0.25, 0.3) is 5.91 Å². The molecule has 7 nitrogen and oxygen atoms in total. The molecule has 0 spiro atoms. The molecule has 1 aromatic carbocycles. The number of amides is 1. The van der Waals surface area contributed by atoms with Crippen LogP contribution in [-0.2, 0) is 17.1 Å².